The largest absolute Gasteiger partial charge is 0.245 e. The van der Waals surface area contributed by atoms with E-state index >= 15 is 0 Å². The van der Waals surface area contributed by atoms with Gasteiger partial charge in [-0.15, -0.1) is 0 Å². The van der Waals surface area contributed by atoms with Crippen LogP contribution in [0.5, 0.6) is 0 Å². The van der Waals surface area contributed by atoms with Crippen molar-refractivity contribution in [3.63, 3.8) is 0 Å². The van der Waals surface area contributed by atoms with Gasteiger partial charge in [0.05, 0.1) is 0 Å². The Morgan fingerprint density at radius 3 is 1.55 bits per heavy atom. The van der Waals surface area contributed by atoms with Gasteiger partial charge >= 0.3 is 37.2 Å². The summed E-state index contributed by atoms with van der Waals surface area (Å²) in [6, 6.07) is 1.78. The fraction of sp³-hybridized carbons (Fsp3) is 0. The maximum atomic E-state index is 7.12. The summed E-state index contributed by atoms with van der Waals surface area (Å²) in [5.74, 6) is 0. The molecule has 0 saturated carbocycles. The van der Waals surface area contributed by atoms with Gasteiger partial charge in [-0.05, 0) is 6.07 Å². The predicted octanol–water partition coefficient (Wildman–Crippen LogP) is -2.76. The molecule has 1 heterocycles. The third-order valence-electron chi connectivity index (χ3n) is 0.478. The van der Waals surface area contributed by atoms with E-state index in [4.69, 9.17) is 10.0 Å². The molecular formula is C4H10BN2NaO3. The van der Waals surface area contributed by atoms with Crippen LogP contribution in [0.15, 0.2) is 24.8 Å². The molecule has 0 radical (unpaired) electrons. The molecule has 1 rings (SSSR count). The Hall–Kier alpha value is 0.0249. The molecule has 0 unspecified atom stereocenters. The molecule has 0 aliphatic carbocycles. The Morgan fingerprint density at radius 1 is 1.09 bits per heavy atom. The van der Waals surface area contributed by atoms with Gasteiger partial charge in [-0.1, -0.05) is 0 Å². The molecule has 0 amide bonds. The molecule has 0 aliphatic heterocycles. The van der Waals surface area contributed by atoms with Crippen LogP contribution in [0.25, 0.3) is 0 Å². The van der Waals surface area contributed by atoms with E-state index in [1.165, 1.54) is 6.33 Å². The van der Waals surface area contributed by atoms with E-state index in [0.29, 0.717) is 0 Å². The number of rotatable bonds is 0. The molecular weight excluding hydrogens is 158 g/mol. The fourth-order valence-corrected chi connectivity index (χ4v) is 0.253. The third-order valence-corrected chi connectivity index (χ3v) is 0.478. The minimum Gasteiger partial charge on any atom is -0.245 e. The zero-order valence-corrected chi connectivity index (χ0v) is 5.31. The van der Waals surface area contributed by atoms with Crippen LogP contribution in [-0.4, -0.2) is 62.7 Å². The van der Waals surface area contributed by atoms with Gasteiger partial charge in [0.2, 0.25) is 0 Å². The number of hydrogen-bond donors (Lipinski definition) is 2. The number of hydrogen-bond acceptors (Lipinski definition) is 4. The van der Waals surface area contributed by atoms with Crippen molar-refractivity contribution < 1.29 is 15.5 Å². The Bertz CT molecular complexity index is 106. The topological polar surface area (TPSA) is 97.7 Å². The summed E-state index contributed by atoms with van der Waals surface area (Å²) in [7, 11) is -0.750. The molecule has 0 bridgehead atoms. The SMILES string of the molecule is O.OBO.[NaH].c1cncnc1. The molecule has 0 aromatic carbocycles. The van der Waals surface area contributed by atoms with Crippen molar-refractivity contribution in [2.24, 2.45) is 0 Å². The second kappa shape index (κ2) is 16.5. The van der Waals surface area contributed by atoms with E-state index < -0.39 is 7.69 Å². The molecule has 0 spiro atoms. The Morgan fingerprint density at radius 2 is 1.45 bits per heavy atom. The Labute approximate surface area is 87.4 Å². The van der Waals surface area contributed by atoms with Crippen molar-refractivity contribution in [1.29, 1.82) is 0 Å². The van der Waals surface area contributed by atoms with Crippen LogP contribution in [0.2, 0.25) is 0 Å². The molecule has 5 nitrogen and oxygen atoms in total. The Kier molecular flexibility index (Phi) is 25.9. The summed E-state index contributed by atoms with van der Waals surface area (Å²) in [5, 5.41) is 14.2. The van der Waals surface area contributed by atoms with Gasteiger partial charge in [-0.3, -0.25) is 0 Å². The fourth-order valence-electron chi connectivity index (χ4n) is 0.253. The summed E-state index contributed by atoms with van der Waals surface area (Å²) in [6.07, 6.45) is 4.88. The maximum Gasteiger partial charge on any atom is 0.115 e. The minimum absolute atomic E-state index is 0. The van der Waals surface area contributed by atoms with Crippen LogP contribution in [0, 0.1) is 0 Å². The van der Waals surface area contributed by atoms with Crippen LogP contribution in [0.3, 0.4) is 0 Å². The first-order chi connectivity index (χ1) is 4.41. The van der Waals surface area contributed by atoms with Crippen molar-refractivity contribution in [1.82, 2.24) is 9.97 Å². The molecule has 11 heavy (non-hydrogen) atoms. The van der Waals surface area contributed by atoms with Crippen LogP contribution in [0.4, 0.5) is 0 Å². The van der Waals surface area contributed by atoms with E-state index in [-0.39, 0.29) is 35.0 Å². The average molecular weight is 168 g/mol. The molecule has 4 N–H and O–H groups in total. The van der Waals surface area contributed by atoms with E-state index in [1.807, 2.05) is 0 Å². The van der Waals surface area contributed by atoms with Crippen LogP contribution in [-0.2, 0) is 0 Å². The first-order valence-electron chi connectivity index (χ1n) is 2.33. The second-order valence-electron chi connectivity index (χ2n) is 1.05. The summed E-state index contributed by atoms with van der Waals surface area (Å²) >= 11 is 0. The quantitative estimate of drug-likeness (QED) is 0.410. The van der Waals surface area contributed by atoms with Gasteiger partial charge in [0.1, 0.15) is 6.33 Å². The van der Waals surface area contributed by atoms with Gasteiger partial charge in [0.15, 0.2) is 0 Å². The second-order valence-corrected chi connectivity index (χ2v) is 1.05. The summed E-state index contributed by atoms with van der Waals surface area (Å²) < 4.78 is 0. The van der Waals surface area contributed by atoms with Gasteiger partial charge in [-0.2, -0.15) is 0 Å². The van der Waals surface area contributed by atoms with Gasteiger partial charge in [0, 0.05) is 12.4 Å². The number of aromatic nitrogens is 2. The average Bonchev–Trinajstić information content (AvgIpc) is 1.93. The van der Waals surface area contributed by atoms with Crippen molar-refractivity contribution in [3.05, 3.63) is 24.8 Å². The molecule has 0 atom stereocenters. The molecule has 58 valence electrons. The summed E-state index contributed by atoms with van der Waals surface area (Å²) in [4.78, 5) is 7.35. The summed E-state index contributed by atoms with van der Waals surface area (Å²) in [6.45, 7) is 0. The third kappa shape index (κ3) is 17.8. The minimum atomic E-state index is -0.750. The van der Waals surface area contributed by atoms with Gasteiger partial charge in [-0.25, -0.2) is 9.97 Å². The normalized spacial score (nSPS) is 5.64. The molecule has 1 aromatic rings. The van der Waals surface area contributed by atoms with Crippen molar-refractivity contribution in [3.8, 4) is 0 Å². The molecule has 7 heteroatoms. The van der Waals surface area contributed by atoms with E-state index in [2.05, 4.69) is 9.97 Å². The first-order valence-corrected chi connectivity index (χ1v) is 2.33. The molecule has 0 fully saturated rings. The smallest absolute Gasteiger partial charge is 0.115 e. The number of nitrogens with zero attached hydrogens (tertiary/aromatic N) is 2. The van der Waals surface area contributed by atoms with Crippen LogP contribution >= 0.6 is 0 Å². The van der Waals surface area contributed by atoms with Crippen LogP contribution < -0.4 is 0 Å². The van der Waals surface area contributed by atoms with E-state index in [1.54, 1.807) is 18.5 Å². The van der Waals surface area contributed by atoms with Crippen LogP contribution in [0.1, 0.15) is 0 Å². The zero-order chi connectivity index (χ0) is 6.95. The van der Waals surface area contributed by atoms with E-state index in [9.17, 15) is 0 Å². The summed E-state index contributed by atoms with van der Waals surface area (Å²) in [5.41, 5.74) is 0. The monoisotopic (exact) mass is 168 g/mol. The molecule has 0 saturated heterocycles. The van der Waals surface area contributed by atoms with Crippen molar-refractivity contribution in [2.45, 2.75) is 0 Å². The zero-order valence-electron chi connectivity index (χ0n) is 5.31. The van der Waals surface area contributed by atoms with Gasteiger partial charge in [0.25, 0.3) is 0 Å². The van der Waals surface area contributed by atoms with E-state index in [0.717, 1.165) is 0 Å². The Balaban J connectivity index is -0.000000116. The van der Waals surface area contributed by atoms with Gasteiger partial charge < -0.3 is 15.5 Å². The van der Waals surface area contributed by atoms with Crippen molar-refractivity contribution in [2.75, 3.05) is 0 Å². The van der Waals surface area contributed by atoms with Crippen molar-refractivity contribution >= 4 is 37.2 Å². The molecule has 1 aromatic heterocycles. The maximum absolute atomic E-state index is 7.12. The first kappa shape index (κ1) is 17.2. The standard InChI is InChI=1S/C4H4N2.BH3O2.Na.H2O.H/c1-2-5-4-6-3-1;2-1-3;;;/h1-4H;1-3H;;1H2;. The predicted molar refractivity (Wildman–Crippen MR) is 44.4 cm³/mol. The molecule has 0 aliphatic rings.